The summed E-state index contributed by atoms with van der Waals surface area (Å²) in [6.45, 7) is 2.59. The molecule has 0 aliphatic heterocycles. The first kappa shape index (κ1) is 13.7. The molecule has 1 heterocycles. The van der Waals surface area contributed by atoms with Crippen LogP contribution >= 0.6 is 39.1 Å². The fourth-order valence-corrected chi connectivity index (χ4v) is 2.85. The zero-order valence-corrected chi connectivity index (χ0v) is 12.8. The van der Waals surface area contributed by atoms with Crippen molar-refractivity contribution in [3.63, 3.8) is 0 Å². The molecule has 94 valence electrons. The number of hydrogen-bond donors (Lipinski definition) is 1. The second kappa shape index (κ2) is 5.91. The number of rotatable bonds is 3. The van der Waals surface area contributed by atoms with E-state index in [1.807, 2.05) is 37.4 Å². The Kier molecular flexibility index (Phi) is 4.49. The second-order valence-electron chi connectivity index (χ2n) is 3.91. The quantitative estimate of drug-likeness (QED) is 0.839. The Bertz CT molecular complexity index is 532. The van der Waals surface area contributed by atoms with E-state index >= 15 is 0 Å². The zero-order valence-electron chi connectivity index (χ0n) is 9.67. The van der Waals surface area contributed by atoms with Crippen LogP contribution in [0.1, 0.15) is 11.3 Å². The predicted octanol–water partition coefficient (Wildman–Crippen LogP) is 5.07. The molecular weight excluding hydrogens is 335 g/mol. The van der Waals surface area contributed by atoms with Crippen LogP contribution in [-0.4, -0.2) is 4.98 Å². The SMILES string of the molecule is Cc1ccc(CNc2c(Cl)cc(Br)cc2Cl)cn1. The molecule has 0 unspecified atom stereocenters. The number of aryl methyl sites for hydroxylation is 1. The third-order valence-electron chi connectivity index (χ3n) is 2.45. The van der Waals surface area contributed by atoms with Crippen molar-refractivity contribution < 1.29 is 0 Å². The lowest BCUT2D eigenvalue weighted by molar-refractivity contribution is 1.09. The normalized spacial score (nSPS) is 10.4. The molecule has 0 aliphatic carbocycles. The van der Waals surface area contributed by atoms with E-state index < -0.39 is 0 Å². The van der Waals surface area contributed by atoms with Crippen molar-refractivity contribution in [2.45, 2.75) is 13.5 Å². The number of aromatic nitrogens is 1. The third kappa shape index (κ3) is 3.37. The summed E-state index contributed by atoms with van der Waals surface area (Å²) < 4.78 is 0.861. The Labute approximate surface area is 124 Å². The van der Waals surface area contributed by atoms with Gasteiger partial charge in [0.2, 0.25) is 0 Å². The Morgan fingerprint density at radius 1 is 1.22 bits per heavy atom. The highest BCUT2D eigenvalue weighted by atomic mass is 79.9. The number of anilines is 1. The first-order chi connectivity index (χ1) is 8.56. The van der Waals surface area contributed by atoms with Crippen molar-refractivity contribution in [3.8, 4) is 0 Å². The van der Waals surface area contributed by atoms with Crippen LogP contribution in [0.15, 0.2) is 34.9 Å². The van der Waals surface area contributed by atoms with Gasteiger partial charge in [-0.15, -0.1) is 0 Å². The lowest BCUT2D eigenvalue weighted by Crippen LogP contribution is -2.01. The first-order valence-corrected chi connectivity index (χ1v) is 6.91. The fraction of sp³-hybridized carbons (Fsp3) is 0.154. The average molecular weight is 346 g/mol. The minimum Gasteiger partial charge on any atom is -0.378 e. The summed E-state index contributed by atoms with van der Waals surface area (Å²) in [5, 5.41) is 4.40. The number of benzene rings is 1. The van der Waals surface area contributed by atoms with E-state index in [0.717, 1.165) is 21.4 Å². The maximum atomic E-state index is 6.13. The van der Waals surface area contributed by atoms with Crippen molar-refractivity contribution in [2.75, 3.05) is 5.32 Å². The summed E-state index contributed by atoms with van der Waals surface area (Å²) in [6, 6.07) is 7.62. The van der Waals surface area contributed by atoms with Crippen molar-refractivity contribution >= 4 is 44.8 Å². The van der Waals surface area contributed by atoms with Gasteiger partial charge >= 0.3 is 0 Å². The van der Waals surface area contributed by atoms with Gasteiger partial charge in [-0.1, -0.05) is 45.2 Å². The van der Waals surface area contributed by atoms with Gasteiger partial charge in [0.25, 0.3) is 0 Å². The minimum atomic E-state index is 0.592. The van der Waals surface area contributed by atoms with Crippen LogP contribution in [0.5, 0.6) is 0 Å². The molecule has 1 N–H and O–H groups in total. The summed E-state index contributed by atoms with van der Waals surface area (Å²) in [7, 11) is 0. The molecule has 1 aromatic carbocycles. The van der Waals surface area contributed by atoms with Crippen molar-refractivity contribution in [1.82, 2.24) is 4.98 Å². The molecule has 0 spiro atoms. The number of nitrogens with one attached hydrogen (secondary N) is 1. The summed E-state index contributed by atoms with van der Waals surface area (Å²) in [5.41, 5.74) is 2.82. The van der Waals surface area contributed by atoms with E-state index in [0.29, 0.717) is 16.6 Å². The van der Waals surface area contributed by atoms with Gasteiger partial charge in [-0.05, 0) is 30.7 Å². The molecule has 2 nitrogen and oxygen atoms in total. The van der Waals surface area contributed by atoms with Crippen molar-refractivity contribution in [1.29, 1.82) is 0 Å². The molecule has 0 radical (unpaired) electrons. The van der Waals surface area contributed by atoms with Crippen LogP contribution in [0.25, 0.3) is 0 Å². The van der Waals surface area contributed by atoms with Crippen LogP contribution in [0.3, 0.4) is 0 Å². The van der Waals surface area contributed by atoms with E-state index in [1.54, 1.807) is 0 Å². The molecule has 0 fully saturated rings. The fourth-order valence-electron chi connectivity index (χ4n) is 1.50. The standard InChI is InChI=1S/C13H11BrCl2N2/c1-8-2-3-9(6-17-8)7-18-13-11(15)4-10(14)5-12(13)16/h2-6,18H,7H2,1H3. The van der Waals surface area contributed by atoms with Gasteiger partial charge in [-0.3, -0.25) is 4.98 Å². The first-order valence-electron chi connectivity index (χ1n) is 5.36. The van der Waals surface area contributed by atoms with E-state index in [2.05, 4.69) is 26.2 Å². The Balaban J connectivity index is 2.13. The van der Waals surface area contributed by atoms with E-state index in [9.17, 15) is 0 Å². The molecule has 0 atom stereocenters. The van der Waals surface area contributed by atoms with Gasteiger partial charge in [-0.25, -0.2) is 0 Å². The number of nitrogens with zero attached hydrogens (tertiary/aromatic N) is 1. The monoisotopic (exact) mass is 344 g/mol. The lowest BCUT2D eigenvalue weighted by Gasteiger charge is -2.11. The Morgan fingerprint density at radius 3 is 2.44 bits per heavy atom. The molecule has 0 saturated carbocycles. The second-order valence-corrected chi connectivity index (χ2v) is 5.64. The van der Waals surface area contributed by atoms with Crippen molar-refractivity contribution in [3.05, 3.63) is 56.2 Å². The van der Waals surface area contributed by atoms with Gasteiger partial charge in [0.1, 0.15) is 0 Å². The van der Waals surface area contributed by atoms with Gasteiger partial charge in [0.15, 0.2) is 0 Å². The number of hydrogen-bond acceptors (Lipinski definition) is 2. The van der Waals surface area contributed by atoms with Crippen LogP contribution < -0.4 is 5.32 Å². The molecule has 0 amide bonds. The highest BCUT2D eigenvalue weighted by Gasteiger charge is 2.07. The predicted molar refractivity (Wildman–Crippen MR) is 80.5 cm³/mol. The van der Waals surface area contributed by atoms with E-state index in [4.69, 9.17) is 23.2 Å². The molecule has 0 bridgehead atoms. The van der Waals surface area contributed by atoms with Crippen molar-refractivity contribution in [2.24, 2.45) is 0 Å². The number of pyridine rings is 1. The summed E-state index contributed by atoms with van der Waals surface area (Å²) in [4.78, 5) is 4.24. The lowest BCUT2D eigenvalue weighted by atomic mass is 10.2. The molecule has 2 aromatic rings. The molecular formula is C13H11BrCl2N2. The van der Waals surface area contributed by atoms with E-state index in [1.165, 1.54) is 0 Å². The topological polar surface area (TPSA) is 24.9 Å². The Morgan fingerprint density at radius 2 is 1.89 bits per heavy atom. The van der Waals surface area contributed by atoms with Gasteiger partial charge in [0, 0.05) is 22.9 Å². The van der Waals surface area contributed by atoms with Crippen LogP contribution in [0.4, 0.5) is 5.69 Å². The van der Waals surface area contributed by atoms with Crippen LogP contribution in [0, 0.1) is 6.92 Å². The summed E-state index contributed by atoms with van der Waals surface area (Å²) in [5.74, 6) is 0. The van der Waals surface area contributed by atoms with Crippen LogP contribution in [-0.2, 0) is 6.54 Å². The molecule has 2 rings (SSSR count). The van der Waals surface area contributed by atoms with Gasteiger partial charge in [-0.2, -0.15) is 0 Å². The zero-order chi connectivity index (χ0) is 13.1. The molecule has 18 heavy (non-hydrogen) atoms. The highest BCUT2D eigenvalue weighted by molar-refractivity contribution is 9.10. The maximum absolute atomic E-state index is 6.13. The average Bonchev–Trinajstić information content (AvgIpc) is 2.30. The summed E-state index contributed by atoms with van der Waals surface area (Å²) >= 11 is 15.6. The largest absolute Gasteiger partial charge is 0.378 e. The minimum absolute atomic E-state index is 0.592. The molecule has 1 aromatic heterocycles. The molecule has 0 aliphatic rings. The Hall–Kier alpha value is -0.770. The third-order valence-corrected chi connectivity index (χ3v) is 3.50. The van der Waals surface area contributed by atoms with Crippen LogP contribution in [0.2, 0.25) is 10.0 Å². The van der Waals surface area contributed by atoms with E-state index in [-0.39, 0.29) is 0 Å². The number of halogens is 3. The summed E-state index contributed by atoms with van der Waals surface area (Å²) in [6.07, 6.45) is 1.84. The highest BCUT2D eigenvalue weighted by Crippen LogP contribution is 2.34. The molecule has 0 saturated heterocycles. The van der Waals surface area contributed by atoms with Gasteiger partial charge < -0.3 is 5.32 Å². The van der Waals surface area contributed by atoms with Gasteiger partial charge in [0.05, 0.1) is 15.7 Å². The molecule has 5 heteroatoms. The maximum Gasteiger partial charge on any atom is 0.0722 e. The smallest absolute Gasteiger partial charge is 0.0722 e.